The Hall–Kier alpha value is -2.23. The van der Waals surface area contributed by atoms with Crippen LogP contribution in [0.4, 0.5) is 0 Å². The average Bonchev–Trinajstić information content (AvgIpc) is 2.83. The predicted molar refractivity (Wildman–Crippen MR) is 141 cm³/mol. The molecule has 0 amide bonds. The Kier molecular flexibility index (Phi) is 7.94. The van der Waals surface area contributed by atoms with Crippen LogP contribution >= 0.6 is 51.1 Å². The quantitative estimate of drug-likeness (QED) is 0.134. The first-order valence-corrected chi connectivity index (χ1v) is 13.2. The minimum atomic E-state index is 0.620. The Morgan fingerprint density at radius 1 is 0.906 bits per heavy atom. The molecule has 6 heteroatoms. The van der Waals surface area contributed by atoms with Crippen LogP contribution in [0.2, 0.25) is 5.02 Å². The number of hydrogen-bond donors (Lipinski definition) is 0. The van der Waals surface area contributed by atoms with Crippen LogP contribution in [0.25, 0.3) is 22.4 Å². The van der Waals surface area contributed by atoms with E-state index in [9.17, 15) is 5.26 Å². The van der Waals surface area contributed by atoms with Gasteiger partial charge in [0.15, 0.2) is 0 Å². The molecule has 0 aliphatic carbocycles. The molecular weight excluding hydrogens is 520 g/mol. The van der Waals surface area contributed by atoms with Gasteiger partial charge in [-0.15, -0.1) is 11.8 Å². The van der Waals surface area contributed by atoms with Crippen LogP contribution in [-0.2, 0) is 5.75 Å². The van der Waals surface area contributed by atoms with Crippen molar-refractivity contribution in [2.75, 3.05) is 5.08 Å². The van der Waals surface area contributed by atoms with Gasteiger partial charge in [0.2, 0.25) is 0 Å². The van der Waals surface area contributed by atoms with Crippen LogP contribution in [-0.4, -0.2) is 10.1 Å². The standard InChI is InChI=1S/C26H18BrClN2S2/c27-21-10-8-20(9-11-21)25-14-23(19-4-2-1-3-5-19)24(15-29)26(30-25)32-17-31-16-18-6-12-22(28)13-7-18/h1-14H,16-17H2. The third-order valence-electron chi connectivity index (χ3n) is 4.78. The summed E-state index contributed by atoms with van der Waals surface area (Å²) in [5.41, 5.74) is 5.65. The van der Waals surface area contributed by atoms with Crippen molar-refractivity contribution in [3.8, 4) is 28.5 Å². The Morgan fingerprint density at radius 3 is 2.31 bits per heavy atom. The van der Waals surface area contributed by atoms with Gasteiger partial charge in [0.1, 0.15) is 11.1 Å². The van der Waals surface area contributed by atoms with E-state index < -0.39 is 0 Å². The average molecular weight is 538 g/mol. The molecule has 1 aromatic heterocycles. The molecule has 0 N–H and O–H groups in total. The number of hydrogen-bond acceptors (Lipinski definition) is 4. The summed E-state index contributed by atoms with van der Waals surface area (Å²) in [7, 11) is 0. The Bertz CT molecular complexity index is 1240. The van der Waals surface area contributed by atoms with Gasteiger partial charge < -0.3 is 0 Å². The molecule has 4 aromatic rings. The molecule has 3 aromatic carbocycles. The molecule has 0 spiro atoms. The van der Waals surface area contributed by atoms with Crippen molar-refractivity contribution < 1.29 is 0 Å². The molecule has 0 saturated carbocycles. The maximum absolute atomic E-state index is 9.99. The third-order valence-corrected chi connectivity index (χ3v) is 7.81. The Balaban J connectivity index is 1.63. The van der Waals surface area contributed by atoms with Gasteiger partial charge in [0, 0.05) is 31.5 Å². The van der Waals surface area contributed by atoms with Crippen molar-refractivity contribution in [2.24, 2.45) is 0 Å². The topological polar surface area (TPSA) is 36.7 Å². The van der Waals surface area contributed by atoms with E-state index in [-0.39, 0.29) is 0 Å². The van der Waals surface area contributed by atoms with Crippen LogP contribution in [0.15, 0.2) is 94.4 Å². The van der Waals surface area contributed by atoms with Crippen molar-refractivity contribution in [2.45, 2.75) is 10.8 Å². The van der Waals surface area contributed by atoms with Crippen molar-refractivity contribution in [1.82, 2.24) is 4.98 Å². The molecule has 0 bridgehead atoms. The number of halogens is 2. The highest BCUT2D eigenvalue weighted by Crippen LogP contribution is 2.35. The van der Waals surface area contributed by atoms with Crippen LogP contribution < -0.4 is 0 Å². The molecule has 0 unspecified atom stereocenters. The monoisotopic (exact) mass is 536 g/mol. The highest BCUT2D eigenvalue weighted by atomic mass is 79.9. The lowest BCUT2D eigenvalue weighted by atomic mass is 9.99. The van der Waals surface area contributed by atoms with Gasteiger partial charge in [-0.1, -0.05) is 93.9 Å². The summed E-state index contributed by atoms with van der Waals surface area (Å²) >= 11 is 12.9. The summed E-state index contributed by atoms with van der Waals surface area (Å²) in [6, 6.07) is 30.4. The van der Waals surface area contributed by atoms with Gasteiger partial charge in [-0.2, -0.15) is 5.26 Å². The van der Waals surface area contributed by atoms with E-state index in [0.29, 0.717) is 5.56 Å². The van der Waals surface area contributed by atoms with Gasteiger partial charge in [-0.3, -0.25) is 0 Å². The molecular formula is C26H18BrClN2S2. The number of aromatic nitrogens is 1. The lowest BCUT2D eigenvalue weighted by molar-refractivity contribution is 1.12. The van der Waals surface area contributed by atoms with Gasteiger partial charge in [-0.25, -0.2) is 4.98 Å². The predicted octanol–water partition coefficient (Wildman–Crippen LogP) is 8.69. The lowest BCUT2D eigenvalue weighted by Gasteiger charge is -2.13. The molecule has 32 heavy (non-hydrogen) atoms. The van der Waals surface area contributed by atoms with Crippen LogP contribution in [0, 0.1) is 11.3 Å². The fourth-order valence-corrected chi connectivity index (χ4v) is 5.58. The molecule has 0 fully saturated rings. The number of nitriles is 1. The normalized spacial score (nSPS) is 10.7. The molecule has 0 saturated heterocycles. The van der Waals surface area contributed by atoms with Crippen LogP contribution in [0.3, 0.4) is 0 Å². The maximum Gasteiger partial charge on any atom is 0.116 e. The van der Waals surface area contributed by atoms with E-state index in [4.69, 9.17) is 16.6 Å². The van der Waals surface area contributed by atoms with Gasteiger partial charge in [0.25, 0.3) is 0 Å². The molecule has 0 aliphatic heterocycles. The first-order chi connectivity index (χ1) is 15.6. The fourth-order valence-electron chi connectivity index (χ4n) is 3.19. The number of benzene rings is 3. The number of thioether (sulfide) groups is 2. The van der Waals surface area contributed by atoms with E-state index in [1.165, 1.54) is 5.56 Å². The second-order valence-electron chi connectivity index (χ2n) is 6.96. The fraction of sp³-hybridized carbons (Fsp3) is 0.0769. The van der Waals surface area contributed by atoms with Crippen molar-refractivity contribution >= 4 is 51.1 Å². The Labute approximate surface area is 210 Å². The second-order valence-corrected chi connectivity index (χ2v) is 10.6. The molecule has 0 atom stereocenters. The Morgan fingerprint density at radius 2 is 1.62 bits per heavy atom. The van der Waals surface area contributed by atoms with Crippen molar-refractivity contribution in [3.05, 3.63) is 106 Å². The zero-order valence-electron chi connectivity index (χ0n) is 17.0. The minimum absolute atomic E-state index is 0.620. The summed E-state index contributed by atoms with van der Waals surface area (Å²) in [5.74, 6) is 0.879. The summed E-state index contributed by atoms with van der Waals surface area (Å²) in [6.07, 6.45) is 0. The van der Waals surface area contributed by atoms with Gasteiger partial charge >= 0.3 is 0 Å². The zero-order chi connectivity index (χ0) is 22.3. The van der Waals surface area contributed by atoms with Gasteiger partial charge in [-0.05, 0) is 41.5 Å². The van der Waals surface area contributed by atoms with Crippen LogP contribution in [0.5, 0.6) is 0 Å². The molecule has 2 nitrogen and oxygen atoms in total. The summed E-state index contributed by atoms with van der Waals surface area (Å²) < 4.78 is 1.02. The first-order valence-electron chi connectivity index (χ1n) is 9.85. The summed E-state index contributed by atoms with van der Waals surface area (Å²) in [5, 5.41) is 12.3. The molecule has 158 valence electrons. The smallest absolute Gasteiger partial charge is 0.116 e. The summed E-state index contributed by atoms with van der Waals surface area (Å²) in [6.45, 7) is 0. The molecule has 0 aliphatic rings. The van der Waals surface area contributed by atoms with E-state index in [1.54, 1.807) is 23.5 Å². The highest BCUT2D eigenvalue weighted by molar-refractivity contribution is 9.10. The highest BCUT2D eigenvalue weighted by Gasteiger charge is 2.16. The van der Waals surface area contributed by atoms with Crippen molar-refractivity contribution in [3.63, 3.8) is 0 Å². The van der Waals surface area contributed by atoms with E-state index in [2.05, 4.69) is 22.0 Å². The molecule has 0 radical (unpaired) electrons. The van der Waals surface area contributed by atoms with Gasteiger partial charge in [0.05, 0.1) is 11.3 Å². The minimum Gasteiger partial charge on any atom is -0.240 e. The largest absolute Gasteiger partial charge is 0.240 e. The van der Waals surface area contributed by atoms with E-state index in [0.717, 1.165) is 47.7 Å². The SMILES string of the molecule is N#Cc1c(-c2ccccc2)cc(-c2ccc(Br)cc2)nc1SCSCc1ccc(Cl)cc1. The number of rotatable bonds is 7. The second kappa shape index (κ2) is 11.1. The molecule has 1 heterocycles. The summed E-state index contributed by atoms with van der Waals surface area (Å²) in [4.78, 5) is 4.88. The van der Waals surface area contributed by atoms with Crippen LogP contribution in [0.1, 0.15) is 11.1 Å². The lowest BCUT2D eigenvalue weighted by Crippen LogP contribution is -1.96. The van der Waals surface area contributed by atoms with E-state index >= 15 is 0 Å². The maximum atomic E-state index is 9.99. The molecule has 4 rings (SSSR count). The number of nitrogens with zero attached hydrogens (tertiary/aromatic N) is 2. The zero-order valence-corrected chi connectivity index (χ0v) is 20.9. The van der Waals surface area contributed by atoms with E-state index in [1.807, 2.05) is 84.9 Å². The van der Waals surface area contributed by atoms with Crippen molar-refractivity contribution in [1.29, 1.82) is 5.26 Å². The first kappa shape index (κ1) is 22.9. The number of pyridine rings is 1. The third kappa shape index (κ3) is 5.76.